The monoisotopic (exact) mass is 347 g/mol. The standard InChI is InChI=1S/C18H22ClN3O2/c1-11-4-3-5-15(12(11)2)21-17(23)9-22-10-20-16-7-6-13(19)8-14(16)18(22)24/h6-8,10-12,15H,3-5,9H2,1-2H3,(H,21,23)/t11-,12-,15-/m1/s1. The molecule has 1 aromatic carbocycles. The maximum Gasteiger partial charge on any atom is 0.261 e. The number of amides is 1. The first-order valence-corrected chi connectivity index (χ1v) is 8.77. The summed E-state index contributed by atoms with van der Waals surface area (Å²) in [4.78, 5) is 29.1. The molecule has 1 fully saturated rings. The second-order valence-corrected chi connectivity index (χ2v) is 7.22. The molecule has 1 N–H and O–H groups in total. The van der Waals surface area contributed by atoms with E-state index in [0.717, 1.165) is 12.8 Å². The number of benzene rings is 1. The van der Waals surface area contributed by atoms with Crippen molar-refractivity contribution >= 4 is 28.4 Å². The van der Waals surface area contributed by atoms with Gasteiger partial charge in [-0.2, -0.15) is 0 Å². The van der Waals surface area contributed by atoms with Gasteiger partial charge in [0.2, 0.25) is 5.91 Å². The summed E-state index contributed by atoms with van der Waals surface area (Å²) in [6.45, 7) is 4.39. The van der Waals surface area contributed by atoms with Gasteiger partial charge in [-0.25, -0.2) is 4.98 Å². The van der Waals surface area contributed by atoms with E-state index in [0.29, 0.717) is 27.8 Å². The van der Waals surface area contributed by atoms with Crippen molar-refractivity contribution in [2.24, 2.45) is 11.8 Å². The third-order valence-corrected chi connectivity index (χ3v) is 5.39. The van der Waals surface area contributed by atoms with Crippen LogP contribution >= 0.6 is 11.6 Å². The van der Waals surface area contributed by atoms with Gasteiger partial charge in [-0.3, -0.25) is 14.2 Å². The number of hydrogen-bond acceptors (Lipinski definition) is 3. The van der Waals surface area contributed by atoms with E-state index in [4.69, 9.17) is 11.6 Å². The lowest BCUT2D eigenvalue weighted by Crippen LogP contribution is -2.45. The molecule has 6 heteroatoms. The molecule has 1 aliphatic carbocycles. The SMILES string of the molecule is C[C@@H]1[C@H](C)CCC[C@H]1NC(=O)Cn1cnc2ccc(Cl)cc2c1=O. The molecule has 1 heterocycles. The molecule has 3 atom stereocenters. The lowest BCUT2D eigenvalue weighted by molar-refractivity contribution is -0.123. The highest BCUT2D eigenvalue weighted by atomic mass is 35.5. The van der Waals surface area contributed by atoms with Crippen molar-refractivity contribution in [2.75, 3.05) is 0 Å². The topological polar surface area (TPSA) is 64.0 Å². The summed E-state index contributed by atoms with van der Waals surface area (Å²) in [5.41, 5.74) is 0.332. The fourth-order valence-corrected chi connectivity index (χ4v) is 3.61. The number of halogens is 1. The van der Waals surface area contributed by atoms with Gasteiger partial charge in [0.25, 0.3) is 5.56 Å². The zero-order valence-corrected chi connectivity index (χ0v) is 14.7. The van der Waals surface area contributed by atoms with Crippen LogP contribution in [0.5, 0.6) is 0 Å². The molecule has 0 bridgehead atoms. The molecular weight excluding hydrogens is 326 g/mol. The third-order valence-electron chi connectivity index (χ3n) is 5.15. The Labute approximate surface area is 146 Å². The Kier molecular flexibility index (Phi) is 4.90. The van der Waals surface area contributed by atoms with Gasteiger partial charge in [-0.05, 0) is 36.5 Å². The van der Waals surface area contributed by atoms with Crippen LogP contribution in [0.3, 0.4) is 0 Å². The lowest BCUT2D eigenvalue weighted by atomic mass is 9.78. The summed E-state index contributed by atoms with van der Waals surface area (Å²) >= 11 is 5.95. The summed E-state index contributed by atoms with van der Waals surface area (Å²) < 4.78 is 1.34. The Hall–Kier alpha value is -1.88. The molecule has 0 unspecified atom stereocenters. The van der Waals surface area contributed by atoms with Crippen molar-refractivity contribution in [1.82, 2.24) is 14.9 Å². The van der Waals surface area contributed by atoms with E-state index < -0.39 is 0 Å². The highest BCUT2D eigenvalue weighted by Gasteiger charge is 2.28. The van der Waals surface area contributed by atoms with Gasteiger partial charge in [0, 0.05) is 11.1 Å². The largest absolute Gasteiger partial charge is 0.352 e. The second kappa shape index (κ2) is 6.93. The summed E-state index contributed by atoms with van der Waals surface area (Å²) in [6, 6.07) is 5.17. The Morgan fingerprint density at radius 1 is 1.38 bits per heavy atom. The first kappa shape index (κ1) is 17.0. The zero-order valence-electron chi connectivity index (χ0n) is 14.0. The molecule has 128 valence electrons. The van der Waals surface area contributed by atoms with Crippen LogP contribution in [-0.4, -0.2) is 21.5 Å². The van der Waals surface area contributed by atoms with Crippen molar-refractivity contribution in [3.8, 4) is 0 Å². The number of hydrogen-bond donors (Lipinski definition) is 1. The number of fused-ring (bicyclic) bond motifs is 1. The molecule has 0 spiro atoms. The highest BCUT2D eigenvalue weighted by molar-refractivity contribution is 6.31. The van der Waals surface area contributed by atoms with E-state index in [9.17, 15) is 9.59 Å². The number of carbonyl (C=O) groups is 1. The van der Waals surface area contributed by atoms with Crippen LogP contribution < -0.4 is 10.9 Å². The van der Waals surface area contributed by atoms with Gasteiger partial charge in [0.15, 0.2) is 0 Å². The molecule has 0 saturated heterocycles. The van der Waals surface area contributed by atoms with E-state index in [1.807, 2.05) is 0 Å². The van der Waals surface area contributed by atoms with Gasteiger partial charge >= 0.3 is 0 Å². The van der Waals surface area contributed by atoms with Crippen LogP contribution in [0.4, 0.5) is 0 Å². The Balaban J connectivity index is 1.76. The predicted molar refractivity (Wildman–Crippen MR) is 95.1 cm³/mol. The van der Waals surface area contributed by atoms with Crippen LogP contribution in [0.1, 0.15) is 33.1 Å². The number of carbonyl (C=O) groups excluding carboxylic acids is 1. The summed E-state index contributed by atoms with van der Waals surface area (Å²) in [7, 11) is 0. The number of aromatic nitrogens is 2. The fraction of sp³-hybridized carbons (Fsp3) is 0.500. The zero-order chi connectivity index (χ0) is 17.3. The van der Waals surface area contributed by atoms with E-state index in [1.165, 1.54) is 17.3 Å². The van der Waals surface area contributed by atoms with Crippen molar-refractivity contribution in [3.05, 3.63) is 39.9 Å². The maximum absolute atomic E-state index is 12.5. The second-order valence-electron chi connectivity index (χ2n) is 6.78. The molecule has 24 heavy (non-hydrogen) atoms. The van der Waals surface area contributed by atoms with Gasteiger partial charge in [0.1, 0.15) is 6.54 Å². The molecule has 1 aromatic heterocycles. The molecule has 1 amide bonds. The van der Waals surface area contributed by atoms with Crippen molar-refractivity contribution in [1.29, 1.82) is 0 Å². The average Bonchev–Trinajstić information content (AvgIpc) is 2.55. The number of nitrogens with one attached hydrogen (secondary N) is 1. The number of nitrogens with zero attached hydrogens (tertiary/aromatic N) is 2. The normalized spacial score (nSPS) is 24.0. The number of rotatable bonds is 3. The summed E-state index contributed by atoms with van der Waals surface area (Å²) in [5, 5.41) is 3.99. The first-order chi connectivity index (χ1) is 11.5. The van der Waals surface area contributed by atoms with E-state index in [2.05, 4.69) is 24.1 Å². The van der Waals surface area contributed by atoms with Gasteiger partial charge < -0.3 is 5.32 Å². The van der Waals surface area contributed by atoms with Crippen molar-refractivity contribution in [2.45, 2.75) is 45.7 Å². The van der Waals surface area contributed by atoms with Crippen molar-refractivity contribution in [3.63, 3.8) is 0 Å². The quantitative estimate of drug-likeness (QED) is 0.928. The minimum absolute atomic E-state index is 0.0219. The third kappa shape index (κ3) is 3.46. The molecule has 2 aromatic rings. The van der Waals surface area contributed by atoms with Gasteiger partial charge in [-0.1, -0.05) is 38.3 Å². The lowest BCUT2D eigenvalue weighted by Gasteiger charge is -2.34. The van der Waals surface area contributed by atoms with Crippen LogP contribution in [0.25, 0.3) is 10.9 Å². The molecule has 0 aliphatic heterocycles. The van der Waals surface area contributed by atoms with Crippen LogP contribution in [-0.2, 0) is 11.3 Å². The highest BCUT2D eigenvalue weighted by Crippen LogP contribution is 2.29. The van der Waals surface area contributed by atoms with Crippen molar-refractivity contribution < 1.29 is 4.79 Å². The van der Waals surface area contributed by atoms with E-state index in [1.54, 1.807) is 18.2 Å². The van der Waals surface area contributed by atoms with Crippen LogP contribution in [0.15, 0.2) is 29.3 Å². The Bertz CT molecular complexity index is 818. The van der Waals surface area contributed by atoms with E-state index in [-0.39, 0.29) is 24.1 Å². The smallest absolute Gasteiger partial charge is 0.261 e. The average molecular weight is 348 g/mol. The van der Waals surface area contributed by atoms with Gasteiger partial charge in [-0.15, -0.1) is 0 Å². The molecule has 1 aliphatic rings. The molecule has 3 rings (SSSR count). The van der Waals surface area contributed by atoms with Crippen LogP contribution in [0, 0.1) is 11.8 Å². The minimum Gasteiger partial charge on any atom is -0.352 e. The predicted octanol–water partition coefficient (Wildman–Crippen LogP) is 2.99. The van der Waals surface area contributed by atoms with Gasteiger partial charge in [0.05, 0.1) is 17.2 Å². The molecule has 1 saturated carbocycles. The maximum atomic E-state index is 12.5. The minimum atomic E-state index is -0.247. The molecule has 5 nitrogen and oxygen atoms in total. The fourth-order valence-electron chi connectivity index (χ4n) is 3.44. The Morgan fingerprint density at radius 3 is 2.96 bits per heavy atom. The molecular formula is C18H22ClN3O2. The summed E-state index contributed by atoms with van der Waals surface area (Å²) in [6.07, 6.45) is 4.76. The van der Waals surface area contributed by atoms with Crippen LogP contribution in [0.2, 0.25) is 5.02 Å². The molecule has 0 radical (unpaired) electrons. The van der Waals surface area contributed by atoms with E-state index >= 15 is 0 Å². The summed E-state index contributed by atoms with van der Waals surface area (Å²) in [5.74, 6) is 0.912. The Morgan fingerprint density at radius 2 is 2.17 bits per heavy atom. The first-order valence-electron chi connectivity index (χ1n) is 8.40.